The van der Waals surface area contributed by atoms with Gasteiger partial charge < -0.3 is 29.0 Å². The molecular weight excluding hydrogens is 1360 g/mol. The summed E-state index contributed by atoms with van der Waals surface area (Å²) in [5, 5.41) is 23.9. The summed E-state index contributed by atoms with van der Waals surface area (Å²) >= 11 is 2.04. The fraction of sp³-hybridized carbons (Fsp3) is 0.473. The van der Waals surface area contributed by atoms with Gasteiger partial charge in [0.05, 0.1) is 37.7 Å². The van der Waals surface area contributed by atoms with Gasteiger partial charge in [-0.25, -0.2) is 8.42 Å². The molecule has 4 bridgehead atoms. The van der Waals surface area contributed by atoms with E-state index >= 15 is 0 Å². The minimum atomic E-state index is -5.27. The van der Waals surface area contributed by atoms with E-state index in [1.165, 1.54) is 42.8 Å². The van der Waals surface area contributed by atoms with Gasteiger partial charge in [-0.15, -0.1) is 0 Å². The molecule has 5 aromatic carbocycles. The smallest absolute Gasteiger partial charge is 0.426 e. The molecule has 4 fully saturated rings. The summed E-state index contributed by atoms with van der Waals surface area (Å²) in [5.41, 5.74) is -3.19. The number of phenols is 2. The number of carbonyl (C=O) groups excluding carboxylic acids is 5. The number of carbonyl (C=O) groups is 5. The monoisotopic (exact) mass is 1450 g/mol. The Balaban J connectivity index is 0.000000195. The van der Waals surface area contributed by atoms with Gasteiger partial charge in [0.25, 0.3) is 5.91 Å². The number of ether oxygens (including phenoxy) is 3. The number of allylic oxidation sites excluding steroid dienone is 1. The number of alkyl halides is 3. The first-order chi connectivity index (χ1) is 43.9. The zero-order chi connectivity index (χ0) is 69.8. The summed E-state index contributed by atoms with van der Waals surface area (Å²) in [6.07, 6.45) is 4.85. The summed E-state index contributed by atoms with van der Waals surface area (Å²) in [7, 11) is -5.21. The highest BCUT2D eigenvalue weighted by atomic mass is 127. The van der Waals surface area contributed by atoms with Crippen molar-refractivity contribution < 1.29 is 74.5 Å². The Morgan fingerprint density at radius 2 is 1.29 bits per heavy atom. The zero-order valence-electron chi connectivity index (χ0n) is 55.7. The molecule has 5 aliphatic carbocycles. The molecule has 5 unspecified atom stereocenters. The predicted octanol–water partition coefficient (Wildman–Crippen LogP) is 17.9. The Bertz CT molecular complexity index is 3740. The van der Waals surface area contributed by atoms with E-state index in [2.05, 4.69) is 109 Å². The highest BCUT2D eigenvalue weighted by Crippen LogP contribution is 2.64. The normalized spacial score (nSPS) is 21.1. The van der Waals surface area contributed by atoms with Crippen molar-refractivity contribution in [3.63, 3.8) is 0 Å². The lowest BCUT2D eigenvalue weighted by atomic mass is 9.48. The molecule has 5 atom stereocenters. The van der Waals surface area contributed by atoms with Crippen LogP contribution in [0.3, 0.4) is 0 Å². The number of imide groups is 1. The average Bonchev–Trinajstić information content (AvgIpc) is 0.928. The van der Waals surface area contributed by atoms with Crippen LogP contribution in [-0.2, 0) is 43.5 Å². The lowest BCUT2D eigenvalue weighted by molar-refractivity contribution is -0.239. The van der Waals surface area contributed by atoms with Gasteiger partial charge in [-0.3, -0.25) is 29.3 Å². The molecule has 6 aromatic rings. The van der Waals surface area contributed by atoms with E-state index in [9.17, 15) is 55.2 Å². The van der Waals surface area contributed by atoms with Crippen molar-refractivity contribution in [1.82, 2.24) is 5.32 Å². The third kappa shape index (κ3) is 19.5. The van der Waals surface area contributed by atoms with Crippen molar-refractivity contribution >= 4 is 93.1 Å². The van der Waals surface area contributed by atoms with Crippen LogP contribution in [0, 0.1) is 37.1 Å². The summed E-state index contributed by atoms with van der Waals surface area (Å²) in [4.78, 5) is 62.8. The maximum atomic E-state index is 13.3. The summed E-state index contributed by atoms with van der Waals surface area (Å²) in [5.74, 6) is -3.72. The lowest BCUT2D eigenvalue weighted by Crippen LogP contribution is -2.61. The van der Waals surface area contributed by atoms with Crippen molar-refractivity contribution in [1.29, 1.82) is 0 Å². The minimum Gasteiger partial charge on any atom is -0.748 e. The third-order valence-electron chi connectivity index (χ3n) is 18.8. The van der Waals surface area contributed by atoms with E-state index < -0.39 is 78.9 Å². The Labute approximate surface area is 568 Å². The molecule has 1 heterocycles. The second kappa shape index (κ2) is 31.5. The number of aromatic hydroxyl groups is 2. The van der Waals surface area contributed by atoms with E-state index in [0.717, 1.165) is 35.7 Å². The van der Waals surface area contributed by atoms with Crippen LogP contribution in [0.5, 0.6) is 11.5 Å². The Morgan fingerprint density at radius 3 is 1.78 bits per heavy atom. The fourth-order valence-corrected chi connectivity index (χ4v) is 15.5. The zero-order valence-corrected chi connectivity index (χ0v) is 59.5. The molecule has 0 spiro atoms. The Hall–Kier alpha value is -6.62. The maximum absolute atomic E-state index is 13.3. The van der Waals surface area contributed by atoms with Gasteiger partial charge >= 0.3 is 24.1 Å². The second-order valence-electron chi connectivity index (χ2n) is 27.1. The van der Waals surface area contributed by atoms with Gasteiger partial charge in [0.2, 0.25) is 12.0 Å². The maximum Gasteiger partial charge on any atom is 0.426 e. The number of halogens is 4. The number of hydrogen-bond donors (Lipinski definition) is 3. The molecule has 0 aliphatic heterocycles. The van der Waals surface area contributed by atoms with Crippen molar-refractivity contribution in [2.24, 2.45) is 33.5 Å². The molecule has 3 N–H and O–H groups in total. The summed E-state index contributed by atoms with van der Waals surface area (Å²) in [6.45, 7) is 24.6. The fourth-order valence-electron chi connectivity index (χ4n) is 12.0. The number of rotatable bonds is 17. The van der Waals surface area contributed by atoms with Crippen molar-refractivity contribution in [3.8, 4) is 16.4 Å². The average molecular weight is 1450 g/mol. The third-order valence-corrected chi connectivity index (χ3v) is 22.5. The molecular formula is C74H91F3INO13S2. The second-order valence-corrected chi connectivity index (χ2v) is 31.8. The molecule has 5 aliphatic rings. The Morgan fingerprint density at radius 1 is 0.745 bits per heavy atom. The van der Waals surface area contributed by atoms with Crippen LogP contribution in [0.2, 0.25) is 0 Å². The molecule has 94 heavy (non-hydrogen) atoms. The number of esters is 3. The van der Waals surface area contributed by atoms with Gasteiger partial charge in [0, 0.05) is 36.6 Å². The number of thiophene rings is 1. The molecule has 4 saturated carbocycles. The molecule has 11 rings (SSSR count). The molecule has 0 saturated heterocycles. The topological polar surface area (TPSA) is 223 Å². The first kappa shape index (κ1) is 76.4. The van der Waals surface area contributed by atoms with Crippen LogP contribution in [0.1, 0.15) is 175 Å². The number of hydrogen-bond acceptors (Lipinski definition) is 13. The number of benzene rings is 5. The van der Waals surface area contributed by atoms with Crippen LogP contribution in [0.25, 0.3) is 25.1 Å². The molecule has 2 amide bonds. The van der Waals surface area contributed by atoms with Crippen molar-refractivity contribution in [2.45, 2.75) is 183 Å². The number of amides is 2. The highest BCUT2D eigenvalue weighted by molar-refractivity contribution is 14.1. The van der Waals surface area contributed by atoms with E-state index in [4.69, 9.17) is 14.6 Å². The van der Waals surface area contributed by atoms with Crippen LogP contribution in [0.4, 0.5) is 13.2 Å². The SMILES string of the molecule is C=CC1(OC(=O)C(C)(C)CC)C=CCC1.CCC(C)(C)C(=O)NC(=O)c1cc(I)ccc1O.CCC(C)(C)C(=O)OC12CC3CC(C1)CC(C(=O)OC(CS(=O)(=O)[O-])C(F)(F)F)(C3)C2.CCC(C)c1cccc(O)c1.c1ccc(-[s+]2c3ccccc3c3ccccc32)cc1. The van der Waals surface area contributed by atoms with E-state index in [1.807, 2.05) is 87.6 Å². The molecule has 1 aromatic heterocycles. The van der Waals surface area contributed by atoms with E-state index in [1.54, 1.807) is 45.9 Å². The predicted molar refractivity (Wildman–Crippen MR) is 371 cm³/mol. The van der Waals surface area contributed by atoms with Crippen LogP contribution >= 0.6 is 33.1 Å². The molecule has 20 heteroatoms. The Kier molecular flexibility index (Phi) is 25.6. The van der Waals surface area contributed by atoms with Gasteiger partial charge in [-0.2, -0.15) is 13.2 Å². The van der Waals surface area contributed by atoms with Gasteiger partial charge in [0.15, 0.2) is 14.3 Å². The number of phenolic OH excluding ortho intramolecular Hbond substituents is 2. The number of nitrogens with one attached hydrogen (secondary N) is 1. The quantitative estimate of drug-likeness (QED) is 0.0193. The molecule has 510 valence electrons. The van der Waals surface area contributed by atoms with E-state index in [-0.39, 0.29) is 51.9 Å². The van der Waals surface area contributed by atoms with Crippen LogP contribution < -0.4 is 5.32 Å². The largest absolute Gasteiger partial charge is 0.748 e. The van der Waals surface area contributed by atoms with Gasteiger partial charge in [0.1, 0.15) is 22.7 Å². The molecule has 0 radical (unpaired) electrons. The van der Waals surface area contributed by atoms with Crippen LogP contribution in [-0.4, -0.2) is 82.1 Å². The van der Waals surface area contributed by atoms with Gasteiger partial charge in [-0.05, 0) is 223 Å². The van der Waals surface area contributed by atoms with E-state index in [0.29, 0.717) is 50.2 Å². The number of fused-ring (bicyclic) bond motifs is 3. The minimum absolute atomic E-state index is 0.00100. The first-order valence-corrected chi connectivity index (χ1v) is 35.9. The lowest BCUT2D eigenvalue weighted by Gasteiger charge is -2.60. The summed E-state index contributed by atoms with van der Waals surface area (Å²) in [6, 6.07) is 40.5. The summed E-state index contributed by atoms with van der Waals surface area (Å²) < 4.78 is 92.3. The van der Waals surface area contributed by atoms with Crippen molar-refractivity contribution in [2.75, 3.05) is 5.75 Å². The molecule has 14 nitrogen and oxygen atoms in total. The highest BCUT2D eigenvalue weighted by Gasteiger charge is 2.64. The first-order valence-electron chi connectivity index (χ1n) is 32.0. The van der Waals surface area contributed by atoms with Crippen LogP contribution in [0.15, 0.2) is 146 Å². The van der Waals surface area contributed by atoms with Gasteiger partial charge in [-0.1, -0.05) is 116 Å². The standard InChI is InChI=1S/C20H29F3O7S.C18H13S.C13H16INO3.C13H20O2.C10H14O/c1-4-17(2,3)15(24)30-19-8-12-5-13(9-19)7-18(6-12,11-19)16(25)29-14(20(21,22)23)10-31(26,27)28;1-2-8-14(9-3-1)19-17-12-6-4-10-15(17)16-11-5-7-13-18(16)19;1-4-13(2,3)12(18)15-11(17)9-7-8(14)5-6-10(9)16;1-5-12(3,4)11(14)15-13(6-2)9-7-8-10-13;1-3-8(2)9-5-4-6-10(11)7-9/h12-14H,4-11H2,1-3H3,(H,26,27,28);1-13H;5-7,16H,4H2,1-3H3,(H,15,17,18);6-7,9H,2,5,8,10H2,1,3-4H3;4-8,11H,3H2,1-2H3/q;+1;;;/p-1. The van der Waals surface area contributed by atoms with Crippen molar-refractivity contribution in [3.05, 3.63) is 161 Å².